The van der Waals surface area contributed by atoms with Gasteiger partial charge in [0.2, 0.25) is 0 Å². The van der Waals surface area contributed by atoms with Gasteiger partial charge in [-0.2, -0.15) is 13.2 Å². The number of rotatable bonds is 2. The van der Waals surface area contributed by atoms with Crippen molar-refractivity contribution in [3.63, 3.8) is 0 Å². The van der Waals surface area contributed by atoms with Gasteiger partial charge in [0, 0.05) is 6.20 Å². The van der Waals surface area contributed by atoms with Gasteiger partial charge in [0.1, 0.15) is 7.11 Å². The van der Waals surface area contributed by atoms with E-state index < -0.39 is 11.7 Å². The van der Waals surface area contributed by atoms with Crippen LogP contribution >= 0.6 is 11.6 Å². The van der Waals surface area contributed by atoms with E-state index in [1.807, 2.05) is 0 Å². The molecule has 0 unspecified atom stereocenters. The Bertz CT molecular complexity index is 396. The van der Waals surface area contributed by atoms with Crippen LogP contribution < -0.4 is 5.32 Å². The van der Waals surface area contributed by atoms with Crippen LogP contribution in [0.25, 0.3) is 0 Å². The maximum atomic E-state index is 12.6. The van der Waals surface area contributed by atoms with Gasteiger partial charge < -0.3 is 10.2 Å². The Balaban J connectivity index is 3.26. The topological polar surface area (TPSA) is 33.6 Å². The normalized spacial score (nSPS) is 21.6. The van der Waals surface area contributed by atoms with Gasteiger partial charge in [-0.3, -0.25) is 0 Å². The summed E-state index contributed by atoms with van der Waals surface area (Å²) in [7, 11) is 1.22. The SMILES string of the molecule is C=C/C(Cl)=C1/C(C(F)(F)F)=CN/C1=N\OC. The molecule has 1 heterocycles. The number of nitrogens with one attached hydrogen (secondary N) is 1. The first-order valence-electron chi connectivity index (χ1n) is 4.09. The van der Waals surface area contributed by atoms with E-state index in [0.717, 1.165) is 12.3 Å². The molecule has 1 aliphatic heterocycles. The van der Waals surface area contributed by atoms with Crippen molar-refractivity contribution < 1.29 is 18.0 Å². The minimum atomic E-state index is -4.52. The number of hydrogen-bond acceptors (Lipinski definition) is 2. The van der Waals surface area contributed by atoms with Gasteiger partial charge in [-0.25, -0.2) is 0 Å². The number of hydrogen-bond donors (Lipinski definition) is 1. The molecule has 1 rings (SSSR count). The smallest absolute Gasteiger partial charge is 0.397 e. The van der Waals surface area contributed by atoms with Crippen molar-refractivity contribution in [2.24, 2.45) is 5.16 Å². The fourth-order valence-corrected chi connectivity index (χ4v) is 1.33. The molecular weight excluding hydrogens is 245 g/mol. The van der Waals surface area contributed by atoms with Crippen LogP contribution in [-0.4, -0.2) is 19.1 Å². The first-order valence-corrected chi connectivity index (χ1v) is 4.47. The van der Waals surface area contributed by atoms with Gasteiger partial charge in [-0.15, -0.1) is 0 Å². The van der Waals surface area contributed by atoms with Crippen molar-refractivity contribution >= 4 is 17.4 Å². The summed E-state index contributed by atoms with van der Waals surface area (Å²) in [5.41, 5.74) is -1.18. The summed E-state index contributed by atoms with van der Waals surface area (Å²) in [5, 5.41) is 5.58. The summed E-state index contributed by atoms with van der Waals surface area (Å²) in [6, 6.07) is 0. The van der Waals surface area contributed by atoms with Crippen molar-refractivity contribution in [2.75, 3.05) is 7.11 Å². The maximum absolute atomic E-state index is 12.6. The lowest BCUT2D eigenvalue weighted by Gasteiger charge is -2.09. The second-order valence-corrected chi connectivity index (χ2v) is 3.16. The molecular formula is C9H8ClF3N2O. The second-order valence-electron chi connectivity index (χ2n) is 2.75. The Morgan fingerprint density at radius 2 is 2.25 bits per heavy atom. The zero-order chi connectivity index (χ0) is 12.3. The molecule has 0 aromatic heterocycles. The highest BCUT2D eigenvalue weighted by Gasteiger charge is 2.41. The average molecular weight is 253 g/mol. The van der Waals surface area contributed by atoms with Crippen LogP contribution in [0, 0.1) is 0 Å². The van der Waals surface area contributed by atoms with Gasteiger partial charge in [-0.1, -0.05) is 23.3 Å². The van der Waals surface area contributed by atoms with E-state index in [1.54, 1.807) is 0 Å². The van der Waals surface area contributed by atoms with E-state index in [2.05, 4.69) is 21.9 Å². The molecule has 1 aliphatic rings. The van der Waals surface area contributed by atoms with Crippen LogP contribution in [0.5, 0.6) is 0 Å². The fraction of sp³-hybridized carbons (Fsp3) is 0.222. The summed E-state index contributed by atoms with van der Waals surface area (Å²) in [6.45, 7) is 3.31. The van der Waals surface area contributed by atoms with Crippen LogP contribution in [0.3, 0.4) is 0 Å². The summed E-state index contributed by atoms with van der Waals surface area (Å²) in [6.07, 6.45) is -2.63. The predicted octanol–water partition coefficient (Wildman–Crippen LogP) is 2.67. The molecule has 0 aromatic rings. The molecule has 0 radical (unpaired) electrons. The van der Waals surface area contributed by atoms with E-state index in [9.17, 15) is 13.2 Å². The van der Waals surface area contributed by atoms with E-state index >= 15 is 0 Å². The van der Waals surface area contributed by atoms with Crippen LogP contribution in [0.1, 0.15) is 0 Å². The molecule has 88 valence electrons. The monoisotopic (exact) mass is 252 g/mol. The Hall–Kier alpha value is -1.43. The predicted molar refractivity (Wildman–Crippen MR) is 54.8 cm³/mol. The zero-order valence-electron chi connectivity index (χ0n) is 8.23. The Kier molecular flexibility index (Phi) is 3.64. The number of halogens is 4. The highest BCUT2D eigenvalue weighted by Crippen LogP contribution is 2.36. The third-order valence-electron chi connectivity index (χ3n) is 1.77. The minimum absolute atomic E-state index is 0.0975. The van der Waals surface area contributed by atoms with Gasteiger partial charge >= 0.3 is 6.18 Å². The van der Waals surface area contributed by atoms with Crippen molar-refractivity contribution in [2.45, 2.75) is 6.18 Å². The Labute approximate surface area is 94.9 Å². The molecule has 0 aliphatic carbocycles. The number of nitrogens with zero attached hydrogens (tertiary/aromatic N) is 1. The van der Waals surface area contributed by atoms with Gasteiger partial charge in [0.25, 0.3) is 0 Å². The largest absolute Gasteiger partial charge is 0.418 e. The summed E-state index contributed by atoms with van der Waals surface area (Å²) in [4.78, 5) is 4.41. The van der Waals surface area contributed by atoms with E-state index in [4.69, 9.17) is 11.6 Å². The van der Waals surface area contributed by atoms with Gasteiger partial charge in [0.05, 0.1) is 16.2 Å². The number of alkyl halides is 3. The van der Waals surface area contributed by atoms with Crippen molar-refractivity contribution in [1.82, 2.24) is 5.32 Å². The number of allylic oxidation sites excluding steroid dienone is 2. The number of oxime groups is 1. The molecule has 0 spiro atoms. The lowest BCUT2D eigenvalue weighted by molar-refractivity contribution is -0.0886. The summed E-state index contributed by atoms with van der Waals surface area (Å²) < 4.78 is 37.8. The van der Waals surface area contributed by atoms with Crippen LogP contribution in [0.2, 0.25) is 0 Å². The van der Waals surface area contributed by atoms with E-state index in [0.29, 0.717) is 0 Å². The lowest BCUT2D eigenvalue weighted by Crippen LogP contribution is -2.17. The lowest BCUT2D eigenvalue weighted by atomic mass is 10.1. The minimum Gasteiger partial charge on any atom is -0.397 e. The molecule has 0 saturated carbocycles. The quantitative estimate of drug-likeness (QED) is 0.767. The van der Waals surface area contributed by atoms with Crippen LogP contribution in [-0.2, 0) is 4.84 Å². The van der Waals surface area contributed by atoms with Gasteiger partial charge in [0.15, 0.2) is 5.84 Å². The zero-order valence-corrected chi connectivity index (χ0v) is 8.99. The number of amidine groups is 1. The van der Waals surface area contributed by atoms with Crippen LogP contribution in [0.4, 0.5) is 13.2 Å². The van der Waals surface area contributed by atoms with E-state index in [-0.39, 0.29) is 16.4 Å². The molecule has 3 nitrogen and oxygen atoms in total. The maximum Gasteiger partial charge on any atom is 0.418 e. The molecule has 7 heteroatoms. The van der Waals surface area contributed by atoms with Crippen molar-refractivity contribution in [3.8, 4) is 0 Å². The van der Waals surface area contributed by atoms with Crippen molar-refractivity contribution in [3.05, 3.63) is 35.0 Å². The Morgan fingerprint density at radius 3 is 2.69 bits per heavy atom. The third-order valence-corrected chi connectivity index (χ3v) is 2.11. The van der Waals surface area contributed by atoms with Crippen molar-refractivity contribution in [1.29, 1.82) is 0 Å². The highest BCUT2D eigenvalue weighted by molar-refractivity contribution is 6.34. The van der Waals surface area contributed by atoms with Crippen LogP contribution in [0.15, 0.2) is 40.2 Å². The molecule has 0 saturated heterocycles. The standard InChI is InChI=1S/C9H8ClF3N2O/c1-3-6(10)7-5(9(11,12)13)4-14-8(7)15-16-2/h3-4H,1H2,2H3,(H,14,15)/b7-6+. The fourth-order valence-electron chi connectivity index (χ4n) is 1.14. The molecule has 1 N–H and O–H groups in total. The Morgan fingerprint density at radius 1 is 1.62 bits per heavy atom. The third kappa shape index (κ3) is 2.38. The molecule has 0 bridgehead atoms. The second kappa shape index (κ2) is 4.61. The first-order chi connectivity index (χ1) is 7.41. The molecule has 16 heavy (non-hydrogen) atoms. The highest BCUT2D eigenvalue weighted by atomic mass is 35.5. The van der Waals surface area contributed by atoms with Gasteiger partial charge in [-0.05, 0) is 6.08 Å². The molecule has 0 amide bonds. The summed E-state index contributed by atoms with van der Waals surface area (Å²) >= 11 is 5.65. The molecule has 0 atom stereocenters. The molecule has 0 aromatic carbocycles. The average Bonchev–Trinajstić information content (AvgIpc) is 2.60. The summed E-state index contributed by atoms with van der Waals surface area (Å²) in [5.74, 6) is -0.0975. The molecule has 0 fully saturated rings. The van der Waals surface area contributed by atoms with E-state index in [1.165, 1.54) is 7.11 Å². The first kappa shape index (κ1) is 12.6.